The molecule has 0 aliphatic heterocycles. The second kappa shape index (κ2) is 8.30. The zero-order valence-corrected chi connectivity index (χ0v) is 15.8. The number of rotatable bonds is 2. The summed E-state index contributed by atoms with van der Waals surface area (Å²) < 4.78 is 9.91. The number of esters is 2. The van der Waals surface area contributed by atoms with Crippen molar-refractivity contribution in [3.63, 3.8) is 0 Å². The highest BCUT2D eigenvalue weighted by Crippen LogP contribution is 2.27. The molecule has 0 radical (unpaired) electrons. The Hall–Kier alpha value is -1.38. The number of anilines is 1. The molecule has 120 valence electrons. The van der Waals surface area contributed by atoms with Crippen LogP contribution in [0.4, 0.5) is 5.69 Å². The molecular weight excluding hydrogens is 390 g/mol. The molecule has 0 spiro atoms. The van der Waals surface area contributed by atoms with Crippen LogP contribution in [0.3, 0.4) is 0 Å². The first-order chi connectivity index (χ1) is 10.3. The van der Waals surface area contributed by atoms with Crippen LogP contribution in [0.25, 0.3) is 0 Å². The first kappa shape index (κ1) is 18.7. The number of nitrogen functional groups attached to an aromatic ring is 1. The van der Waals surface area contributed by atoms with E-state index in [0.717, 1.165) is 14.2 Å². The van der Waals surface area contributed by atoms with Crippen LogP contribution in [-0.4, -0.2) is 26.2 Å². The molecule has 2 aromatic heterocycles. The van der Waals surface area contributed by atoms with Crippen molar-refractivity contribution in [2.75, 3.05) is 20.0 Å². The van der Waals surface area contributed by atoms with Crippen molar-refractivity contribution in [1.29, 1.82) is 0 Å². The highest BCUT2D eigenvalue weighted by atomic mass is 79.9. The summed E-state index contributed by atoms with van der Waals surface area (Å²) in [5, 5.41) is 0. The third-order valence-electron chi connectivity index (χ3n) is 2.44. The lowest BCUT2D eigenvalue weighted by atomic mass is 10.4. The average molecular weight is 406 g/mol. The average Bonchev–Trinajstić information content (AvgIpc) is 2.99. The number of carbonyl (C=O) groups is 2. The summed E-state index contributed by atoms with van der Waals surface area (Å²) in [6.07, 6.45) is 0. The topological polar surface area (TPSA) is 78.6 Å². The van der Waals surface area contributed by atoms with Crippen LogP contribution in [0, 0.1) is 13.8 Å². The number of nitrogens with two attached hydrogens (primary N) is 1. The Bertz CT molecular complexity index is 620. The van der Waals surface area contributed by atoms with E-state index < -0.39 is 0 Å². The lowest BCUT2D eigenvalue weighted by Gasteiger charge is -1.94. The molecule has 2 N–H and O–H groups in total. The zero-order chi connectivity index (χ0) is 16.9. The molecule has 0 fully saturated rings. The maximum absolute atomic E-state index is 11.0. The van der Waals surface area contributed by atoms with Crippen LogP contribution >= 0.6 is 38.6 Å². The monoisotopic (exact) mass is 405 g/mol. The zero-order valence-electron chi connectivity index (χ0n) is 12.6. The van der Waals surface area contributed by atoms with Gasteiger partial charge in [0.2, 0.25) is 0 Å². The summed E-state index contributed by atoms with van der Waals surface area (Å²) >= 11 is 6.04. The van der Waals surface area contributed by atoms with Gasteiger partial charge in [-0.05, 0) is 41.9 Å². The van der Waals surface area contributed by atoms with E-state index in [9.17, 15) is 9.59 Å². The fourth-order valence-corrected chi connectivity index (χ4v) is 4.07. The Morgan fingerprint density at radius 1 is 1.00 bits per heavy atom. The van der Waals surface area contributed by atoms with Gasteiger partial charge in [0.05, 0.1) is 19.9 Å². The summed E-state index contributed by atoms with van der Waals surface area (Å²) in [6, 6.07) is 3.66. The number of aryl methyl sites for hydroxylation is 2. The molecule has 0 aliphatic rings. The van der Waals surface area contributed by atoms with Crippen molar-refractivity contribution >= 4 is 56.2 Å². The van der Waals surface area contributed by atoms with E-state index in [0.29, 0.717) is 15.4 Å². The Morgan fingerprint density at radius 2 is 1.45 bits per heavy atom. The van der Waals surface area contributed by atoms with Gasteiger partial charge in [-0.15, -0.1) is 22.7 Å². The van der Waals surface area contributed by atoms with Gasteiger partial charge < -0.3 is 15.2 Å². The lowest BCUT2D eigenvalue weighted by molar-refractivity contribution is 0.0597. The van der Waals surface area contributed by atoms with E-state index in [1.807, 2.05) is 19.9 Å². The van der Waals surface area contributed by atoms with Gasteiger partial charge in [0.25, 0.3) is 0 Å². The minimum absolute atomic E-state index is 0.282. The molecule has 0 atom stereocenters. The number of methoxy groups -OCH3 is 2. The van der Waals surface area contributed by atoms with Crippen molar-refractivity contribution in [2.24, 2.45) is 0 Å². The van der Waals surface area contributed by atoms with Gasteiger partial charge in [0.15, 0.2) is 0 Å². The van der Waals surface area contributed by atoms with Crippen LogP contribution in [0.2, 0.25) is 0 Å². The summed E-state index contributed by atoms with van der Waals surface area (Å²) in [5.74, 6) is -0.643. The Labute approximate surface area is 145 Å². The molecule has 0 aliphatic carbocycles. The number of hydrogen-bond donors (Lipinski definition) is 1. The maximum atomic E-state index is 11.0. The van der Waals surface area contributed by atoms with Crippen LogP contribution in [-0.2, 0) is 9.47 Å². The highest BCUT2D eigenvalue weighted by Gasteiger charge is 2.13. The fourth-order valence-electron chi connectivity index (χ4n) is 1.50. The van der Waals surface area contributed by atoms with E-state index in [-0.39, 0.29) is 11.9 Å². The highest BCUT2D eigenvalue weighted by molar-refractivity contribution is 9.10. The van der Waals surface area contributed by atoms with Gasteiger partial charge in [0, 0.05) is 14.2 Å². The van der Waals surface area contributed by atoms with E-state index in [1.165, 1.54) is 36.9 Å². The van der Waals surface area contributed by atoms with Gasteiger partial charge in [0.1, 0.15) is 9.75 Å². The third-order valence-corrected chi connectivity index (χ3v) is 5.40. The summed E-state index contributed by atoms with van der Waals surface area (Å²) in [4.78, 5) is 25.2. The second-order valence-electron chi connectivity index (χ2n) is 4.16. The fraction of sp³-hybridized carbons (Fsp3) is 0.286. The third kappa shape index (κ3) is 4.82. The predicted molar refractivity (Wildman–Crippen MR) is 92.9 cm³/mol. The number of halogens is 1. The van der Waals surface area contributed by atoms with E-state index in [4.69, 9.17) is 5.73 Å². The van der Waals surface area contributed by atoms with Crippen LogP contribution in [0.1, 0.15) is 29.1 Å². The van der Waals surface area contributed by atoms with Crippen molar-refractivity contribution in [3.8, 4) is 0 Å². The van der Waals surface area contributed by atoms with E-state index in [2.05, 4.69) is 25.4 Å². The standard InChI is InChI=1S/C7H7BrO2S.C7H9NO2S/c2*1-4-3-5(8)6(11-4)7(9)10-2/h3H,1-2H3;3H,8H2,1-2H3. The second-order valence-corrected chi connectivity index (χ2v) is 7.53. The van der Waals surface area contributed by atoms with Gasteiger partial charge in [-0.2, -0.15) is 0 Å². The largest absolute Gasteiger partial charge is 0.465 e. The Kier molecular flexibility index (Phi) is 7.05. The summed E-state index contributed by atoms with van der Waals surface area (Å²) in [7, 11) is 2.72. The molecule has 8 heteroatoms. The summed E-state index contributed by atoms with van der Waals surface area (Å²) in [5.41, 5.74) is 6.03. The molecule has 0 saturated carbocycles. The minimum Gasteiger partial charge on any atom is -0.465 e. The van der Waals surface area contributed by atoms with E-state index >= 15 is 0 Å². The van der Waals surface area contributed by atoms with Gasteiger partial charge in [-0.25, -0.2) is 9.59 Å². The molecule has 22 heavy (non-hydrogen) atoms. The molecule has 0 unspecified atom stereocenters. The Morgan fingerprint density at radius 3 is 1.82 bits per heavy atom. The van der Waals surface area contributed by atoms with Gasteiger partial charge in [-0.1, -0.05) is 0 Å². The van der Waals surface area contributed by atoms with Crippen molar-refractivity contribution in [3.05, 3.63) is 36.1 Å². The summed E-state index contributed by atoms with van der Waals surface area (Å²) in [6.45, 7) is 3.84. The smallest absolute Gasteiger partial charge is 0.350 e. The number of thiophene rings is 2. The molecular formula is C14H16BrNO4S2. The minimum atomic E-state index is -0.361. The first-order valence-corrected chi connectivity index (χ1v) is 8.51. The Balaban J connectivity index is 0.000000220. The van der Waals surface area contributed by atoms with Gasteiger partial charge >= 0.3 is 11.9 Å². The quantitative estimate of drug-likeness (QED) is 0.762. The maximum Gasteiger partial charge on any atom is 0.350 e. The SMILES string of the molecule is COC(=O)c1sc(C)cc1Br.COC(=O)c1sc(C)cc1N. The van der Waals surface area contributed by atoms with Crippen LogP contribution in [0.5, 0.6) is 0 Å². The molecule has 0 aromatic carbocycles. The number of carbonyl (C=O) groups excluding carboxylic acids is 2. The molecule has 5 nitrogen and oxygen atoms in total. The first-order valence-electron chi connectivity index (χ1n) is 6.08. The molecule has 0 bridgehead atoms. The van der Waals surface area contributed by atoms with Crippen LogP contribution in [0.15, 0.2) is 16.6 Å². The lowest BCUT2D eigenvalue weighted by Crippen LogP contribution is -2.00. The predicted octanol–water partition coefficient (Wildman–Crippen LogP) is 4.03. The van der Waals surface area contributed by atoms with Crippen molar-refractivity contribution in [1.82, 2.24) is 0 Å². The van der Waals surface area contributed by atoms with E-state index in [1.54, 1.807) is 6.07 Å². The van der Waals surface area contributed by atoms with Crippen LogP contribution < -0.4 is 5.73 Å². The molecule has 2 heterocycles. The molecule has 2 aromatic rings. The van der Waals surface area contributed by atoms with Crippen molar-refractivity contribution in [2.45, 2.75) is 13.8 Å². The normalized spacial score (nSPS) is 9.68. The van der Waals surface area contributed by atoms with Crippen molar-refractivity contribution < 1.29 is 19.1 Å². The molecule has 2 rings (SSSR count). The molecule has 0 amide bonds. The number of ether oxygens (including phenoxy) is 2. The molecule has 0 saturated heterocycles. The number of hydrogen-bond acceptors (Lipinski definition) is 7. The van der Waals surface area contributed by atoms with Gasteiger partial charge in [-0.3, -0.25) is 0 Å².